The molecule has 2 saturated heterocycles. The van der Waals surface area contributed by atoms with E-state index in [4.69, 9.17) is 8.94 Å². The van der Waals surface area contributed by atoms with Gasteiger partial charge in [0.15, 0.2) is 0 Å². The lowest BCUT2D eigenvalue weighted by atomic mass is 10.0. The Kier molecular flexibility index (Phi) is 4.92. The van der Waals surface area contributed by atoms with Crippen molar-refractivity contribution in [3.8, 4) is 0 Å². The summed E-state index contributed by atoms with van der Waals surface area (Å²) >= 11 is 0. The van der Waals surface area contributed by atoms with E-state index < -0.39 is 0 Å². The van der Waals surface area contributed by atoms with E-state index in [2.05, 4.69) is 15.0 Å². The number of hydrogen-bond acceptors (Lipinski definition) is 6. The van der Waals surface area contributed by atoms with Crippen molar-refractivity contribution in [3.63, 3.8) is 0 Å². The number of β-amino-alcohol motifs (C(OH)–C–C–N with tert-alkyl or cyclic N) is 1. The normalized spacial score (nSPS) is 26.5. The maximum atomic E-state index is 10.5. The van der Waals surface area contributed by atoms with E-state index in [9.17, 15) is 5.11 Å². The molecule has 0 spiro atoms. The van der Waals surface area contributed by atoms with Gasteiger partial charge < -0.3 is 14.0 Å². The van der Waals surface area contributed by atoms with Crippen LogP contribution in [0, 0.1) is 12.8 Å². The number of rotatable bonds is 5. The first-order chi connectivity index (χ1) is 12.2. The molecule has 2 fully saturated rings. The van der Waals surface area contributed by atoms with Crippen LogP contribution in [0.4, 0.5) is 0 Å². The smallest absolute Gasteiger partial charge is 0.137 e. The number of aliphatic hydroxyl groups is 1. The van der Waals surface area contributed by atoms with Crippen LogP contribution in [0.15, 0.2) is 33.4 Å². The molecule has 2 aliphatic heterocycles. The van der Waals surface area contributed by atoms with Gasteiger partial charge in [-0.2, -0.15) is 0 Å². The van der Waals surface area contributed by atoms with E-state index in [1.165, 1.54) is 0 Å². The predicted molar refractivity (Wildman–Crippen MR) is 93.0 cm³/mol. The Bertz CT molecular complexity index is 661. The second kappa shape index (κ2) is 7.32. The third-order valence-electron chi connectivity index (χ3n) is 5.61. The highest BCUT2D eigenvalue weighted by Crippen LogP contribution is 2.27. The molecule has 4 rings (SSSR count). The zero-order valence-electron chi connectivity index (χ0n) is 14.8. The minimum atomic E-state index is -0.272. The van der Waals surface area contributed by atoms with Gasteiger partial charge in [0.25, 0.3) is 0 Å². The van der Waals surface area contributed by atoms with Gasteiger partial charge in [-0.05, 0) is 31.9 Å². The van der Waals surface area contributed by atoms with Gasteiger partial charge in [0, 0.05) is 50.6 Å². The highest BCUT2D eigenvalue weighted by Gasteiger charge is 2.36. The van der Waals surface area contributed by atoms with Crippen molar-refractivity contribution in [2.45, 2.75) is 44.9 Å². The van der Waals surface area contributed by atoms with Crippen LogP contribution in [0.3, 0.4) is 0 Å². The van der Waals surface area contributed by atoms with Gasteiger partial charge in [-0.15, -0.1) is 0 Å². The average Bonchev–Trinajstić information content (AvgIpc) is 3.32. The summed E-state index contributed by atoms with van der Waals surface area (Å²) in [7, 11) is 0. The lowest BCUT2D eigenvalue weighted by Crippen LogP contribution is -2.44. The van der Waals surface area contributed by atoms with Gasteiger partial charge in [-0.1, -0.05) is 5.16 Å². The molecule has 6 heteroatoms. The molecule has 6 nitrogen and oxygen atoms in total. The molecule has 0 saturated carbocycles. The van der Waals surface area contributed by atoms with E-state index in [0.29, 0.717) is 6.04 Å². The van der Waals surface area contributed by atoms with Gasteiger partial charge in [-0.25, -0.2) is 0 Å². The molecule has 2 aromatic heterocycles. The van der Waals surface area contributed by atoms with Crippen molar-refractivity contribution < 1.29 is 14.0 Å². The van der Waals surface area contributed by atoms with E-state index in [1.807, 2.05) is 25.1 Å². The summed E-state index contributed by atoms with van der Waals surface area (Å²) in [5, 5.41) is 14.4. The topological polar surface area (TPSA) is 65.9 Å². The minimum absolute atomic E-state index is 0.244. The molecule has 2 aliphatic rings. The maximum absolute atomic E-state index is 10.5. The lowest BCUT2D eigenvalue weighted by Gasteiger charge is -2.36. The Morgan fingerprint density at radius 1 is 1.24 bits per heavy atom. The molecule has 0 aromatic carbocycles. The summed E-state index contributed by atoms with van der Waals surface area (Å²) in [6.07, 6.45) is 4.55. The fraction of sp³-hybridized carbons (Fsp3) is 0.632. The van der Waals surface area contributed by atoms with Gasteiger partial charge in [-0.3, -0.25) is 9.80 Å². The molecular formula is C19H27N3O3. The van der Waals surface area contributed by atoms with Gasteiger partial charge >= 0.3 is 0 Å². The van der Waals surface area contributed by atoms with Gasteiger partial charge in [0.05, 0.1) is 24.6 Å². The summed E-state index contributed by atoms with van der Waals surface area (Å²) < 4.78 is 10.8. The molecule has 4 heterocycles. The molecule has 0 bridgehead atoms. The number of piperidine rings is 1. The Hall–Kier alpha value is -1.63. The standard InChI is InChI=1S/C19H27N3O3/c1-14-9-18(25-20-14)10-15-11-22(13-19(15)23)16-4-6-21(7-5-16)12-17-3-2-8-24-17/h2-3,8-9,15-16,19,23H,4-7,10-13H2,1H3/t15-,19+/m1/s1. The van der Waals surface area contributed by atoms with Crippen LogP contribution in [-0.4, -0.2) is 58.4 Å². The van der Waals surface area contributed by atoms with Crippen molar-refractivity contribution in [3.05, 3.63) is 41.7 Å². The first-order valence-corrected chi connectivity index (χ1v) is 9.26. The molecule has 0 aliphatic carbocycles. The number of furan rings is 1. The second-order valence-electron chi connectivity index (χ2n) is 7.51. The number of hydrogen-bond donors (Lipinski definition) is 1. The van der Waals surface area contributed by atoms with E-state index in [1.54, 1.807) is 6.26 Å². The van der Waals surface area contributed by atoms with Crippen LogP contribution < -0.4 is 0 Å². The number of aryl methyl sites for hydroxylation is 1. The summed E-state index contributed by atoms with van der Waals surface area (Å²) in [6.45, 7) is 6.73. The fourth-order valence-corrected chi connectivity index (χ4v) is 4.22. The molecule has 0 radical (unpaired) electrons. The zero-order chi connectivity index (χ0) is 17.2. The van der Waals surface area contributed by atoms with Crippen LogP contribution in [0.25, 0.3) is 0 Å². The molecular weight excluding hydrogens is 318 g/mol. The Morgan fingerprint density at radius 3 is 2.76 bits per heavy atom. The predicted octanol–water partition coefficient (Wildman–Crippen LogP) is 2.08. The number of aromatic nitrogens is 1. The van der Waals surface area contributed by atoms with Crippen molar-refractivity contribution in [1.82, 2.24) is 15.0 Å². The molecule has 0 amide bonds. The number of nitrogens with zero attached hydrogens (tertiary/aromatic N) is 3. The first kappa shape index (κ1) is 16.8. The second-order valence-corrected chi connectivity index (χ2v) is 7.51. The SMILES string of the molecule is Cc1cc(C[C@@H]2CN(C3CCN(Cc4ccco4)CC3)C[C@@H]2O)on1. The Balaban J connectivity index is 1.27. The van der Waals surface area contributed by atoms with Crippen LogP contribution in [-0.2, 0) is 13.0 Å². The van der Waals surface area contributed by atoms with Crippen molar-refractivity contribution in [2.75, 3.05) is 26.2 Å². The quantitative estimate of drug-likeness (QED) is 0.895. The van der Waals surface area contributed by atoms with Crippen LogP contribution in [0.1, 0.15) is 30.1 Å². The lowest BCUT2D eigenvalue weighted by molar-refractivity contribution is 0.101. The monoisotopic (exact) mass is 345 g/mol. The molecule has 1 N–H and O–H groups in total. The van der Waals surface area contributed by atoms with Crippen molar-refractivity contribution in [1.29, 1.82) is 0 Å². The van der Waals surface area contributed by atoms with Crippen molar-refractivity contribution >= 4 is 0 Å². The molecule has 2 aromatic rings. The Labute approximate surface area is 148 Å². The fourth-order valence-electron chi connectivity index (χ4n) is 4.22. The van der Waals surface area contributed by atoms with Gasteiger partial charge in [0.1, 0.15) is 11.5 Å². The summed E-state index contributed by atoms with van der Waals surface area (Å²) in [4.78, 5) is 4.93. The molecule has 0 unspecified atom stereocenters. The molecule has 2 atom stereocenters. The first-order valence-electron chi connectivity index (χ1n) is 9.26. The maximum Gasteiger partial charge on any atom is 0.137 e. The highest BCUT2D eigenvalue weighted by atomic mass is 16.5. The zero-order valence-corrected chi connectivity index (χ0v) is 14.8. The van der Waals surface area contributed by atoms with E-state index >= 15 is 0 Å². The Morgan fingerprint density at radius 2 is 2.08 bits per heavy atom. The third kappa shape index (κ3) is 3.97. The number of aliphatic hydroxyl groups excluding tert-OH is 1. The third-order valence-corrected chi connectivity index (χ3v) is 5.61. The van der Waals surface area contributed by atoms with Crippen LogP contribution >= 0.6 is 0 Å². The van der Waals surface area contributed by atoms with Crippen LogP contribution in [0.5, 0.6) is 0 Å². The molecule has 136 valence electrons. The van der Waals surface area contributed by atoms with Gasteiger partial charge in [0.2, 0.25) is 0 Å². The summed E-state index contributed by atoms with van der Waals surface area (Å²) in [5.41, 5.74) is 0.906. The minimum Gasteiger partial charge on any atom is -0.468 e. The average molecular weight is 345 g/mol. The van der Waals surface area contributed by atoms with Crippen LogP contribution in [0.2, 0.25) is 0 Å². The largest absolute Gasteiger partial charge is 0.468 e. The summed E-state index contributed by atoms with van der Waals surface area (Å²) in [6, 6.07) is 6.54. The van der Waals surface area contributed by atoms with E-state index in [-0.39, 0.29) is 12.0 Å². The number of likely N-dealkylation sites (tertiary alicyclic amines) is 2. The summed E-state index contributed by atoms with van der Waals surface area (Å²) in [5.74, 6) is 2.17. The van der Waals surface area contributed by atoms with Crippen molar-refractivity contribution in [2.24, 2.45) is 5.92 Å². The molecule has 25 heavy (non-hydrogen) atoms. The highest BCUT2D eigenvalue weighted by molar-refractivity contribution is 5.06. The van der Waals surface area contributed by atoms with E-state index in [0.717, 1.165) is 69.2 Å².